The molecule has 0 spiro atoms. The first kappa shape index (κ1) is 40.0. The Labute approximate surface area is 310 Å². The number of hydrogen-bond acceptors (Lipinski definition) is 6. The van der Waals surface area contributed by atoms with Gasteiger partial charge in [0.1, 0.15) is 12.6 Å². The smallest absolute Gasteiger partial charge is 0.309 e. The van der Waals surface area contributed by atoms with Crippen molar-refractivity contribution in [3.63, 3.8) is 0 Å². The van der Waals surface area contributed by atoms with Gasteiger partial charge in [0.05, 0.1) is 17.5 Å². The number of esters is 1. The summed E-state index contributed by atoms with van der Waals surface area (Å²) >= 11 is 0. The summed E-state index contributed by atoms with van der Waals surface area (Å²) in [4.78, 5) is 64.5. The average molecular weight is 724 g/mol. The van der Waals surface area contributed by atoms with Crippen LogP contribution in [0.4, 0.5) is 0 Å². The number of amides is 1. The number of aromatic nitrogens is 2. The maximum atomic E-state index is 14.2. The van der Waals surface area contributed by atoms with Gasteiger partial charge in [-0.2, -0.15) is 0 Å². The van der Waals surface area contributed by atoms with Gasteiger partial charge in [0, 0.05) is 32.0 Å². The molecule has 1 aromatic heterocycles. The number of fused-ring (bicyclic) bond motifs is 5. The Morgan fingerprint density at radius 2 is 1.73 bits per heavy atom. The number of carboxylic acids is 1. The number of hydrogen-bond donors (Lipinski definition) is 2. The molecule has 10 heteroatoms. The van der Waals surface area contributed by atoms with E-state index in [4.69, 9.17) is 4.74 Å². The monoisotopic (exact) mass is 723 g/mol. The third-order valence-electron chi connectivity index (χ3n) is 15.4. The van der Waals surface area contributed by atoms with Crippen LogP contribution in [-0.2, 0) is 42.9 Å². The zero-order valence-corrected chi connectivity index (χ0v) is 33.7. The van der Waals surface area contributed by atoms with Crippen molar-refractivity contribution in [2.45, 2.75) is 151 Å². The first-order chi connectivity index (χ1) is 24.1. The first-order valence-electron chi connectivity index (χ1n) is 19.8. The van der Waals surface area contributed by atoms with Crippen molar-refractivity contribution in [3.05, 3.63) is 33.3 Å². The molecule has 3 fully saturated rings. The molecule has 290 valence electrons. The summed E-state index contributed by atoms with van der Waals surface area (Å²) in [5, 5.41) is 12.2. The van der Waals surface area contributed by atoms with Crippen LogP contribution in [0.5, 0.6) is 0 Å². The minimum absolute atomic E-state index is 0.00495. The van der Waals surface area contributed by atoms with E-state index in [9.17, 15) is 29.1 Å². The van der Waals surface area contributed by atoms with Gasteiger partial charge in [-0.05, 0) is 123 Å². The number of Topliss-reactive ketones (excluding diaryl/α,β-unsaturated/α-hetero) is 1. The predicted octanol–water partition coefficient (Wildman–Crippen LogP) is 6.97. The Bertz CT molecular complexity index is 1700. The van der Waals surface area contributed by atoms with Crippen LogP contribution < -0.4 is 10.9 Å². The van der Waals surface area contributed by atoms with Crippen molar-refractivity contribution < 1.29 is 29.0 Å². The van der Waals surface area contributed by atoms with Crippen molar-refractivity contribution >= 4 is 23.6 Å². The van der Waals surface area contributed by atoms with E-state index < -0.39 is 22.8 Å². The Balaban J connectivity index is 1.49. The third kappa shape index (κ3) is 6.21. The number of carbonyl (C=O) groups is 4. The standard InChI is InChI=1S/C42H65N3O7/c1-12-27(52-34(49)23-38(5,6)37(50)51)16-17-39(7)26(4)15-18-41(9)30(39)14-13-28-36-35(25(2)3)29(46)22-42(36,20-19-40(28,41)8)31-21-33(48)45(44(31)11)24-32(47)43-10/h21,25-28,30H,12-20,22-24H2,1-11H3,(H,43,47)(H,50,51)/t26?,27?,28?,30?,39?,40-,41?,42?/m1/s1. The molecule has 1 heterocycles. The lowest BCUT2D eigenvalue weighted by molar-refractivity contribution is -0.184. The molecule has 52 heavy (non-hydrogen) atoms. The summed E-state index contributed by atoms with van der Waals surface area (Å²) in [5.41, 5.74) is 1.06. The fourth-order valence-electron chi connectivity index (χ4n) is 11.8. The normalized spacial score (nSPS) is 33.7. The van der Waals surface area contributed by atoms with E-state index in [0.717, 1.165) is 62.6 Å². The molecule has 1 aromatic rings. The van der Waals surface area contributed by atoms with Crippen LogP contribution in [0.2, 0.25) is 0 Å². The number of carbonyl (C=O) groups excluding carboxylic acids is 3. The summed E-state index contributed by atoms with van der Waals surface area (Å²) in [7, 11) is 3.43. The second kappa shape index (κ2) is 13.9. The SMILES string of the molecule is CCC(CCC1(C)C(C)CCC2(C)C1CCC1C3=C(C(C)C)C(=O)CC3(c3cc(=O)n(CC(=O)NC)n3C)CC[C@]12C)OC(=O)CC(C)(C)C(=O)O. The van der Waals surface area contributed by atoms with E-state index in [2.05, 4.69) is 46.9 Å². The van der Waals surface area contributed by atoms with E-state index in [1.165, 1.54) is 10.3 Å². The Hall–Kier alpha value is -3.17. The lowest BCUT2D eigenvalue weighted by Crippen LogP contribution is -2.62. The molecule has 10 nitrogen and oxygen atoms in total. The molecule has 0 bridgehead atoms. The highest BCUT2D eigenvalue weighted by Gasteiger charge is 2.68. The maximum absolute atomic E-state index is 14.2. The van der Waals surface area contributed by atoms with Gasteiger partial charge in [-0.25, -0.2) is 4.68 Å². The van der Waals surface area contributed by atoms with Gasteiger partial charge in [-0.1, -0.05) is 48.5 Å². The molecule has 2 N–H and O–H groups in total. The minimum Gasteiger partial charge on any atom is -0.481 e. The molecule has 4 aliphatic carbocycles. The van der Waals surface area contributed by atoms with Gasteiger partial charge in [0.15, 0.2) is 5.78 Å². The van der Waals surface area contributed by atoms with Crippen LogP contribution in [0.1, 0.15) is 139 Å². The average Bonchev–Trinajstić information content (AvgIpc) is 3.53. The van der Waals surface area contributed by atoms with Gasteiger partial charge in [0.2, 0.25) is 5.91 Å². The van der Waals surface area contributed by atoms with Gasteiger partial charge >= 0.3 is 11.9 Å². The second-order valence-electron chi connectivity index (χ2n) is 18.7. The van der Waals surface area contributed by atoms with E-state index >= 15 is 0 Å². The second-order valence-corrected chi connectivity index (χ2v) is 18.7. The molecule has 0 aliphatic heterocycles. The van der Waals surface area contributed by atoms with Crippen LogP contribution >= 0.6 is 0 Å². The van der Waals surface area contributed by atoms with E-state index in [1.807, 2.05) is 18.7 Å². The summed E-state index contributed by atoms with van der Waals surface area (Å²) < 4.78 is 9.27. The number of likely N-dealkylation sites (N-methyl/N-ethyl adjacent to an activating group) is 1. The first-order valence-corrected chi connectivity index (χ1v) is 19.8. The molecule has 3 saturated carbocycles. The van der Waals surface area contributed by atoms with E-state index in [0.29, 0.717) is 24.7 Å². The molecule has 0 aromatic carbocycles. The number of rotatable bonds is 12. The molecule has 1 amide bonds. The lowest BCUT2D eigenvalue weighted by atomic mass is 9.35. The molecular formula is C42H65N3O7. The fraction of sp³-hybridized carbons (Fsp3) is 0.786. The van der Waals surface area contributed by atoms with Gasteiger partial charge in [0.25, 0.3) is 5.56 Å². The predicted molar refractivity (Wildman–Crippen MR) is 201 cm³/mol. The summed E-state index contributed by atoms with van der Waals surface area (Å²) in [6.45, 7) is 19.2. The Morgan fingerprint density at radius 3 is 2.33 bits per heavy atom. The fourth-order valence-corrected chi connectivity index (χ4v) is 11.8. The molecule has 4 aliphatic rings. The van der Waals surface area contributed by atoms with E-state index in [1.54, 1.807) is 27.0 Å². The number of nitrogens with zero attached hydrogens (tertiary/aromatic N) is 2. The third-order valence-corrected chi connectivity index (χ3v) is 15.4. The molecule has 0 saturated heterocycles. The molecule has 0 radical (unpaired) electrons. The number of aliphatic carboxylic acids is 1. The Kier molecular flexibility index (Phi) is 10.7. The lowest BCUT2D eigenvalue weighted by Gasteiger charge is -2.69. The zero-order chi connectivity index (χ0) is 38.8. The van der Waals surface area contributed by atoms with Crippen molar-refractivity contribution in [1.29, 1.82) is 0 Å². The zero-order valence-electron chi connectivity index (χ0n) is 33.7. The highest BCUT2D eigenvalue weighted by atomic mass is 16.5. The highest BCUT2D eigenvalue weighted by molar-refractivity contribution is 6.01. The topological polar surface area (TPSA) is 137 Å². The maximum Gasteiger partial charge on any atom is 0.309 e. The molecule has 8 atom stereocenters. The molecule has 5 rings (SSSR count). The minimum atomic E-state index is -1.17. The molecule has 7 unspecified atom stereocenters. The molecular weight excluding hydrogens is 658 g/mol. The largest absolute Gasteiger partial charge is 0.481 e. The summed E-state index contributed by atoms with van der Waals surface area (Å²) in [6, 6.07) is 1.69. The number of ether oxygens (including phenoxy) is 1. The quantitative estimate of drug-likeness (QED) is 0.222. The van der Waals surface area contributed by atoms with Crippen LogP contribution in [0, 0.1) is 45.3 Å². The summed E-state index contributed by atoms with van der Waals surface area (Å²) in [5.74, 6) is -0.317. The van der Waals surface area contributed by atoms with Gasteiger partial charge in [-0.3, -0.25) is 28.7 Å². The number of ketones is 1. The summed E-state index contributed by atoms with van der Waals surface area (Å²) in [6.07, 6.45) is 8.26. The van der Waals surface area contributed by atoms with Crippen molar-refractivity contribution in [2.75, 3.05) is 7.05 Å². The van der Waals surface area contributed by atoms with Crippen molar-refractivity contribution in [1.82, 2.24) is 14.7 Å². The van der Waals surface area contributed by atoms with Gasteiger partial charge in [-0.15, -0.1) is 0 Å². The number of allylic oxidation sites excluding steroid dienone is 2. The number of nitrogens with one attached hydrogen (secondary N) is 1. The van der Waals surface area contributed by atoms with Crippen LogP contribution in [-0.4, -0.2) is 51.3 Å². The van der Waals surface area contributed by atoms with Gasteiger partial charge < -0.3 is 15.2 Å². The highest BCUT2D eigenvalue weighted by Crippen LogP contribution is 2.74. The van der Waals surface area contributed by atoms with Crippen LogP contribution in [0.3, 0.4) is 0 Å². The van der Waals surface area contributed by atoms with Crippen molar-refractivity contribution in [3.8, 4) is 0 Å². The van der Waals surface area contributed by atoms with Crippen LogP contribution in [0.25, 0.3) is 0 Å². The Morgan fingerprint density at radius 1 is 1.06 bits per heavy atom. The van der Waals surface area contributed by atoms with E-state index in [-0.39, 0.29) is 64.4 Å². The number of carboxylic acid groups (broad SMARTS) is 1. The van der Waals surface area contributed by atoms with Crippen molar-refractivity contribution in [2.24, 2.45) is 52.4 Å². The van der Waals surface area contributed by atoms with Crippen LogP contribution in [0.15, 0.2) is 22.0 Å².